The number of amides is 1. The molecular formula is C26H30N4O3S. The van der Waals surface area contributed by atoms with E-state index in [9.17, 15) is 4.79 Å². The van der Waals surface area contributed by atoms with Crippen molar-refractivity contribution in [3.63, 3.8) is 0 Å². The maximum Gasteiger partial charge on any atom is 0.247 e. The molecule has 3 aromatic rings. The number of nitrogens with zero attached hydrogens (tertiary/aromatic N) is 4. The number of benzene rings is 2. The van der Waals surface area contributed by atoms with Gasteiger partial charge in [0, 0.05) is 17.7 Å². The molecule has 0 fully saturated rings. The van der Waals surface area contributed by atoms with Crippen molar-refractivity contribution < 1.29 is 14.3 Å². The average molecular weight is 479 g/mol. The number of carbonyl (C=O) groups excluding carboxylic acids is 1. The van der Waals surface area contributed by atoms with Gasteiger partial charge >= 0.3 is 0 Å². The van der Waals surface area contributed by atoms with Crippen LogP contribution in [-0.4, -0.2) is 32.9 Å². The van der Waals surface area contributed by atoms with Gasteiger partial charge in [0.25, 0.3) is 0 Å². The summed E-state index contributed by atoms with van der Waals surface area (Å²) in [4.78, 5) is 19.7. The number of fused-ring (bicyclic) bond motifs is 3. The van der Waals surface area contributed by atoms with Crippen LogP contribution in [0.2, 0.25) is 0 Å². The van der Waals surface area contributed by atoms with Gasteiger partial charge in [-0.25, -0.2) is 0 Å². The van der Waals surface area contributed by atoms with Gasteiger partial charge in [-0.05, 0) is 38.0 Å². The predicted octanol–water partition coefficient (Wildman–Crippen LogP) is 5.91. The van der Waals surface area contributed by atoms with E-state index in [0.29, 0.717) is 40.5 Å². The molecule has 0 bridgehead atoms. The number of aromatic nitrogens is 3. The third-order valence-corrected chi connectivity index (χ3v) is 6.44. The molecule has 0 radical (unpaired) electrons. The highest BCUT2D eigenvalue weighted by Crippen LogP contribution is 2.45. The summed E-state index contributed by atoms with van der Waals surface area (Å²) in [6.07, 6.45) is -0.499. The summed E-state index contributed by atoms with van der Waals surface area (Å²) in [7, 11) is 0. The number of ether oxygens (including phenoxy) is 2. The van der Waals surface area contributed by atoms with E-state index >= 15 is 0 Å². The summed E-state index contributed by atoms with van der Waals surface area (Å²) < 4.78 is 12.6. The Bertz CT molecular complexity index is 1170. The fraction of sp³-hybridized carbons (Fsp3) is 0.385. The highest BCUT2D eigenvalue weighted by Gasteiger charge is 2.36. The lowest BCUT2D eigenvalue weighted by molar-refractivity contribution is -0.120. The molecule has 4 rings (SSSR count). The maximum atomic E-state index is 13.3. The van der Waals surface area contributed by atoms with Crippen LogP contribution in [0, 0.1) is 5.92 Å². The van der Waals surface area contributed by atoms with E-state index in [4.69, 9.17) is 14.5 Å². The molecule has 2 heterocycles. The molecule has 1 atom stereocenters. The zero-order chi connectivity index (χ0) is 24.2. The van der Waals surface area contributed by atoms with Crippen LogP contribution in [0.4, 0.5) is 5.69 Å². The summed E-state index contributed by atoms with van der Waals surface area (Å²) in [5.41, 5.74) is 2.72. The van der Waals surface area contributed by atoms with E-state index in [1.807, 2.05) is 69.3 Å². The molecule has 8 heteroatoms. The Hall–Kier alpha value is -3.13. The number of thioether (sulfide) groups is 1. The Morgan fingerprint density at radius 3 is 2.56 bits per heavy atom. The van der Waals surface area contributed by atoms with Crippen molar-refractivity contribution in [2.75, 3.05) is 10.7 Å². The molecule has 0 saturated carbocycles. The topological polar surface area (TPSA) is 77.4 Å². The first-order chi connectivity index (χ1) is 16.4. The van der Waals surface area contributed by atoms with Gasteiger partial charge in [-0.2, -0.15) is 4.98 Å². The highest BCUT2D eigenvalue weighted by molar-refractivity contribution is 7.99. The van der Waals surface area contributed by atoms with Crippen LogP contribution in [-0.2, 0) is 4.79 Å². The number of carbonyl (C=O) groups is 1. The molecule has 1 aromatic heterocycles. The minimum Gasteiger partial charge on any atom is -0.491 e. The Morgan fingerprint density at radius 2 is 1.82 bits per heavy atom. The van der Waals surface area contributed by atoms with E-state index in [2.05, 4.69) is 24.0 Å². The molecule has 1 aliphatic rings. The zero-order valence-electron chi connectivity index (χ0n) is 20.2. The van der Waals surface area contributed by atoms with Gasteiger partial charge < -0.3 is 9.47 Å². The maximum absolute atomic E-state index is 13.3. The lowest BCUT2D eigenvalue weighted by atomic mass is 10.1. The average Bonchev–Trinajstić information content (AvgIpc) is 2.96. The van der Waals surface area contributed by atoms with Crippen LogP contribution < -0.4 is 14.4 Å². The van der Waals surface area contributed by atoms with Gasteiger partial charge in [-0.15, -0.1) is 10.2 Å². The minimum atomic E-state index is -0.774. The molecule has 2 aromatic carbocycles. The summed E-state index contributed by atoms with van der Waals surface area (Å²) in [5, 5.41) is 9.38. The number of anilines is 1. The van der Waals surface area contributed by atoms with Crippen molar-refractivity contribution in [1.82, 2.24) is 15.2 Å². The van der Waals surface area contributed by atoms with Crippen molar-refractivity contribution in [2.24, 2.45) is 5.92 Å². The number of para-hydroxylation sites is 2. The van der Waals surface area contributed by atoms with Gasteiger partial charge in [-0.3, -0.25) is 9.69 Å². The summed E-state index contributed by atoms with van der Waals surface area (Å²) in [5.74, 6) is 2.29. The first-order valence-electron chi connectivity index (χ1n) is 11.6. The first kappa shape index (κ1) is 24.0. The van der Waals surface area contributed by atoms with Crippen molar-refractivity contribution >= 4 is 23.4 Å². The molecule has 0 N–H and O–H groups in total. The monoisotopic (exact) mass is 478 g/mol. The molecule has 0 aliphatic carbocycles. The molecule has 1 aliphatic heterocycles. The molecular weight excluding hydrogens is 448 g/mol. The predicted molar refractivity (Wildman–Crippen MR) is 134 cm³/mol. The molecule has 34 heavy (non-hydrogen) atoms. The molecule has 7 nitrogen and oxygen atoms in total. The van der Waals surface area contributed by atoms with Crippen molar-refractivity contribution in [3.8, 4) is 22.9 Å². The van der Waals surface area contributed by atoms with Crippen LogP contribution in [0.15, 0.2) is 53.7 Å². The van der Waals surface area contributed by atoms with Gasteiger partial charge in [0.05, 0.1) is 17.4 Å². The third kappa shape index (κ3) is 5.01. The lowest BCUT2D eigenvalue weighted by Gasteiger charge is -2.31. The second-order valence-corrected chi connectivity index (χ2v) is 9.75. The fourth-order valence-electron chi connectivity index (χ4n) is 3.70. The van der Waals surface area contributed by atoms with Gasteiger partial charge in [0.15, 0.2) is 5.69 Å². The number of rotatable bonds is 7. The van der Waals surface area contributed by atoms with Crippen LogP contribution in [0.1, 0.15) is 52.8 Å². The van der Waals surface area contributed by atoms with Gasteiger partial charge in [-0.1, -0.05) is 62.9 Å². The Kier molecular flexibility index (Phi) is 7.36. The van der Waals surface area contributed by atoms with Crippen LogP contribution in [0.25, 0.3) is 11.3 Å². The van der Waals surface area contributed by atoms with Crippen LogP contribution in [0.3, 0.4) is 0 Å². The summed E-state index contributed by atoms with van der Waals surface area (Å²) in [6.45, 7) is 10.1. The van der Waals surface area contributed by atoms with Crippen molar-refractivity contribution in [3.05, 3.63) is 54.1 Å². The number of hydrogen-bond acceptors (Lipinski definition) is 7. The van der Waals surface area contributed by atoms with Crippen molar-refractivity contribution in [2.45, 2.75) is 58.5 Å². The molecule has 178 valence electrons. The van der Waals surface area contributed by atoms with E-state index in [-0.39, 0.29) is 12.0 Å². The highest BCUT2D eigenvalue weighted by atomic mass is 32.2. The fourth-order valence-corrected chi connectivity index (χ4v) is 4.43. The van der Waals surface area contributed by atoms with Crippen LogP contribution >= 0.6 is 11.8 Å². The lowest BCUT2D eigenvalue weighted by Crippen LogP contribution is -2.37. The molecule has 0 saturated heterocycles. The van der Waals surface area contributed by atoms with Crippen LogP contribution in [0.5, 0.6) is 11.6 Å². The van der Waals surface area contributed by atoms with Crippen molar-refractivity contribution in [1.29, 1.82) is 0 Å². The largest absolute Gasteiger partial charge is 0.491 e. The second kappa shape index (κ2) is 10.4. The molecule has 1 unspecified atom stereocenters. The van der Waals surface area contributed by atoms with Gasteiger partial charge in [0.2, 0.25) is 23.2 Å². The summed E-state index contributed by atoms with van der Waals surface area (Å²) >= 11 is 1.54. The van der Waals surface area contributed by atoms with E-state index in [1.165, 1.54) is 11.8 Å². The van der Waals surface area contributed by atoms with Gasteiger partial charge in [0.1, 0.15) is 5.75 Å². The SMILES string of the molecule is CCC(=O)N1c2ccccc2-c2nnc(SCC(C)C)nc2OC1c1ccccc1OC(C)C. The van der Waals surface area contributed by atoms with E-state index < -0.39 is 6.23 Å². The Labute approximate surface area is 204 Å². The minimum absolute atomic E-state index is 0.0372. The molecule has 0 spiro atoms. The standard InChI is InChI=1S/C26H30N4O3S/c1-6-22(31)30-20-13-9-7-11-18(20)23-24(27-26(29-28-23)34-15-16(2)3)33-25(30)19-12-8-10-14-21(19)32-17(4)5/h7-14,16-17,25H,6,15H2,1-5H3. The van der Waals surface area contributed by atoms with E-state index in [0.717, 1.165) is 16.9 Å². The Balaban J connectivity index is 1.90. The molecule has 1 amide bonds. The second-order valence-electron chi connectivity index (χ2n) is 8.76. The normalized spacial score (nSPS) is 14.9. The zero-order valence-corrected chi connectivity index (χ0v) is 21.0. The Morgan fingerprint density at radius 1 is 1.09 bits per heavy atom. The number of hydrogen-bond donors (Lipinski definition) is 0. The smallest absolute Gasteiger partial charge is 0.247 e. The first-order valence-corrected chi connectivity index (χ1v) is 12.6. The third-order valence-electron chi connectivity index (χ3n) is 5.18. The van der Waals surface area contributed by atoms with E-state index in [1.54, 1.807) is 4.90 Å². The quantitative estimate of drug-likeness (QED) is 0.391. The summed E-state index contributed by atoms with van der Waals surface area (Å²) in [6, 6.07) is 15.3.